The highest BCUT2D eigenvalue weighted by Gasteiger charge is 2.26. The smallest absolute Gasteiger partial charge is 0.0934 e. The lowest BCUT2D eigenvalue weighted by Gasteiger charge is -2.18. The molecule has 0 fully saturated rings. The maximum absolute atomic E-state index is 6.10. The average Bonchev–Trinajstić information content (AvgIpc) is 2.83. The van der Waals surface area contributed by atoms with Gasteiger partial charge in [-0.1, -0.05) is 11.6 Å². The van der Waals surface area contributed by atoms with Gasteiger partial charge in [-0.3, -0.25) is 0 Å². The molecule has 1 aliphatic rings. The number of thiophene rings is 1. The van der Waals surface area contributed by atoms with E-state index in [0.717, 1.165) is 31.8 Å². The van der Waals surface area contributed by atoms with E-state index < -0.39 is 0 Å². The van der Waals surface area contributed by atoms with Gasteiger partial charge in [-0.05, 0) is 81.0 Å². The summed E-state index contributed by atoms with van der Waals surface area (Å²) in [6.07, 6.45) is 2.25. The molecule has 1 unspecified atom stereocenters. The third kappa shape index (κ3) is 2.73. The summed E-state index contributed by atoms with van der Waals surface area (Å²) in [6, 6.07) is 6.71. The van der Waals surface area contributed by atoms with Crippen LogP contribution in [0.15, 0.2) is 27.1 Å². The summed E-state index contributed by atoms with van der Waals surface area (Å²) in [5, 5.41) is 3.63. The summed E-state index contributed by atoms with van der Waals surface area (Å²) in [5.74, 6) is 0. The quantitative estimate of drug-likeness (QED) is 0.597. The fourth-order valence-electron chi connectivity index (χ4n) is 2.49. The molecule has 1 aromatic carbocycles. The molecule has 0 spiro atoms. The van der Waals surface area contributed by atoms with Gasteiger partial charge in [0.15, 0.2) is 0 Å². The highest BCUT2D eigenvalue weighted by molar-refractivity contribution is 9.11. The highest BCUT2D eigenvalue weighted by Crippen LogP contribution is 2.43. The Bertz CT molecular complexity index is 615. The summed E-state index contributed by atoms with van der Waals surface area (Å²) < 4.78 is 3.07. The molecule has 1 heterocycles. The predicted molar refractivity (Wildman–Crippen MR) is 90.6 cm³/mol. The van der Waals surface area contributed by atoms with Crippen LogP contribution in [0.5, 0.6) is 0 Å². The number of hydrogen-bond donors (Lipinski definition) is 1. The van der Waals surface area contributed by atoms with Crippen molar-refractivity contribution in [3.8, 4) is 0 Å². The van der Waals surface area contributed by atoms with Crippen molar-refractivity contribution in [2.75, 3.05) is 5.32 Å². The molecule has 1 N–H and O–H groups in total. The molecule has 0 saturated heterocycles. The van der Waals surface area contributed by atoms with E-state index in [-0.39, 0.29) is 0 Å². The maximum atomic E-state index is 6.10. The highest BCUT2D eigenvalue weighted by atomic mass is 79.9. The predicted octanol–water partition coefficient (Wildman–Crippen LogP) is 6.33. The lowest BCUT2D eigenvalue weighted by molar-refractivity contribution is 0.761. The van der Waals surface area contributed by atoms with Gasteiger partial charge in [0.1, 0.15) is 0 Å². The van der Waals surface area contributed by atoms with Crippen LogP contribution < -0.4 is 5.32 Å². The number of nitrogens with one attached hydrogen (secondary N) is 1. The van der Waals surface area contributed by atoms with Crippen LogP contribution in [0.25, 0.3) is 0 Å². The van der Waals surface area contributed by atoms with Crippen LogP contribution in [0.1, 0.15) is 28.5 Å². The Hall–Kier alpha value is -0.0300. The summed E-state index contributed by atoms with van der Waals surface area (Å²) in [7, 11) is 0. The third-order valence-corrected chi connectivity index (χ3v) is 5.94. The molecular weight excluding hydrogens is 409 g/mol. The van der Waals surface area contributed by atoms with Crippen molar-refractivity contribution >= 4 is 60.5 Å². The van der Waals surface area contributed by atoms with Crippen LogP contribution in [-0.4, -0.2) is 0 Å². The van der Waals surface area contributed by atoms with Crippen molar-refractivity contribution in [3.05, 3.63) is 47.5 Å². The van der Waals surface area contributed by atoms with E-state index in [0.29, 0.717) is 6.04 Å². The number of hydrogen-bond acceptors (Lipinski definition) is 2. The van der Waals surface area contributed by atoms with E-state index in [2.05, 4.69) is 62.3 Å². The first-order chi connectivity index (χ1) is 9.04. The van der Waals surface area contributed by atoms with Gasteiger partial charge in [-0.25, -0.2) is 0 Å². The van der Waals surface area contributed by atoms with Crippen LogP contribution in [-0.2, 0) is 6.42 Å². The number of anilines is 1. The number of benzene rings is 1. The minimum absolute atomic E-state index is 0.356. The van der Waals surface area contributed by atoms with Gasteiger partial charge in [0.25, 0.3) is 0 Å². The van der Waals surface area contributed by atoms with E-state index in [1.807, 2.05) is 0 Å². The number of fused-ring (bicyclic) bond motifs is 1. The van der Waals surface area contributed by atoms with Crippen LogP contribution in [0.2, 0.25) is 4.34 Å². The van der Waals surface area contributed by atoms with Gasteiger partial charge in [-0.15, -0.1) is 11.3 Å². The maximum Gasteiger partial charge on any atom is 0.0934 e. The second kappa shape index (κ2) is 5.40. The first kappa shape index (κ1) is 13.9. The Morgan fingerprint density at radius 2 is 1.95 bits per heavy atom. The first-order valence-electron chi connectivity index (χ1n) is 6.05. The SMILES string of the molecule is Cc1cc(Br)c(NC2CCc3sc(Cl)cc32)c(Br)c1. The topological polar surface area (TPSA) is 12.0 Å². The van der Waals surface area contributed by atoms with E-state index >= 15 is 0 Å². The summed E-state index contributed by atoms with van der Waals surface area (Å²) in [5.41, 5.74) is 3.70. The lowest BCUT2D eigenvalue weighted by atomic mass is 10.1. The van der Waals surface area contributed by atoms with Gasteiger partial charge in [0, 0.05) is 13.8 Å². The van der Waals surface area contributed by atoms with Crippen molar-refractivity contribution < 1.29 is 0 Å². The Labute approximate surface area is 138 Å². The Morgan fingerprint density at radius 1 is 1.26 bits per heavy atom. The monoisotopic (exact) mass is 419 g/mol. The minimum Gasteiger partial charge on any atom is -0.376 e. The molecule has 19 heavy (non-hydrogen) atoms. The molecule has 0 radical (unpaired) electrons. The number of halogens is 3. The van der Waals surface area contributed by atoms with Crippen LogP contribution in [0.3, 0.4) is 0 Å². The summed E-state index contributed by atoms with van der Waals surface area (Å²) >= 11 is 15.1. The zero-order valence-electron chi connectivity index (χ0n) is 10.3. The van der Waals surface area contributed by atoms with E-state index in [1.54, 1.807) is 11.3 Å². The molecule has 1 aromatic heterocycles. The van der Waals surface area contributed by atoms with Crippen LogP contribution in [0, 0.1) is 6.92 Å². The van der Waals surface area contributed by atoms with Crippen molar-refractivity contribution in [2.45, 2.75) is 25.8 Å². The van der Waals surface area contributed by atoms with Crippen LogP contribution >= 0.6 is 54.8 Å². The molecule has 1 nitrogen and oxygen atoms in total. The van der Waals surface area contributed by atoms with Crippen molar-refractivity contribution in [3.63, 3.8) is 0 Å². The fourth-order valence-corrected chi connectivity index (χ4v) is 5.49. The Kier molecular flexibility index (Phi) is 3.96. The van der Waals surface area contributed by atoms with E-state index in [1.165, 1.54) is 16.0 Å². The molecule has 0 bridgehead atoms. The molecule has 5 heteroatoms. The Morgan fingerprint density at radius 3 is 2.63 bits per heavy atom. The molecule has 0 aliphatic heterocycles. The van der Waals surface area contributed by atoms with Crippen LogP contribution in [0.4, 0.5) is 5.69 Å². The molecule has 100 valence electrons. The van der Waals surface area contributed by atoms with E-state index in [4.69, 9.17) is 11.6 Å². The molecule has 1 atom stereocenters. The van der Waals surface area contributed by atoms with Gasteiger partial charge in [0.05, 0.1) is 16.1 Å². The molecule has 3 rings (SSSR count). The van der Waals surface area contributed by atoms with Crippen molar-refractivity contribution in [1.29, 1.82) is 0 Å². The van der Waals surface area contributed by atoms with Crippen molar-refractivity contribution in [1.82, 2.24) is 0 Å². The summed E-state index contributed by atoms with van der Waals surface area (Å²) in [6.45, 7) is 2.09. The molecule has 0 amide bonds. The average molecular weight is 422 g/mol. The van der Waals surface area contributed by atoms with E-state index in [9.17, 15) is 0 Å². The van der Waals surface area contributed by atoms with Gasteiger partial charge < -0.3 is 5.32 Å². The van der Waals surface area contributed by atoms with Crippen molar-refractivity contribution in [2.24, 2.45) is 0 Å². The zero-order valence-corrected chi connectivity index (χ0v) is 15.0. The number of rotatable bonds is 2. The van der Waals surface area contributed by atoms with Gasteiger partial charge in [-0.2, -0.15) is 0 Å². The van der Waals surface area contributed by atoms with Gasteiger partial charge >= 0.3 is 0 Å². The number of aryl methyl sites for hydroxylation is 2. The normalized spacial score (nSPS) is 17.6. The lowest BCUT2D eigenvalue weighted by Crippen LogP contribution is -2.07. The Balaban J connectivity index is 1.91. The molecule has 0 saturated carbocycles. The second-order valence-electron chi connectivity index (χ2n) is 4.77. The molecule has 2 aromatic rings. The standard InChI is InChI=1S/C14H12Br2ClNS/c1-7-4-9(15)14(10(16)5-7)18-11-2-3-12-8(11)6-13(17)19-12/h4-6,11,18H,2-3H2,1H3. The molecule has 1 aliphatic carbocycles. The largest absolute Gasteiger partial charge is 0.376 e. The fraction of sp³-hybridized carbons (Fsp3) is 0.286. The zero-order chi connectivity index (χ0) is 13.6. The third-order valence-electron chi connectivity index (χ3n) is 3.35. The second-order valence-corrected chi connectivity index (χ2v) is 8.24. The first-order valence-corrected chi connectivity index (χ1v) is 8.83. The van der Waals surface area contributed by atoms with Gasteiger partial charge in [0.2, 0.25) is 0 Å². The summed E-state index contributed by atoms with van der Waals surface area (Å²) in [4.78, 5) is 1.42. The molecular formula is C14H12Br2ClNS. The minimum atomic E-state index is 0.356.